The second-order valence-electron chi connectivity index (χ2n) is 3.67. The lowest BCUT2D eigenvalue weighted by atomic mass is 10.3. The molecule has 1 aromatic carbocycles. The fraction of sp³-hybridized carbons (Fsp3) is 0.0909. The monoisotopic (exact) mass is 421 g/mol. The number of ether oxygens (including phenoxy) is 1. The van der Waals surface area contributed by atoms with Crippen molar-refractivity contribution in [2.24, 2.45) is 0 Å². The minimum atomic E-state index is -0.495. The Morgan fingerprint density at radius 3 is 2.35 bits per heavy atom. The molecule has 0 aliphatic rings. The Labute approximate surface area is 135 Å². The second kappa shape index (κ2) is 6.02. The van der Waals surface area contributed by atoms with Crippen LogP contribution < -0.4 is 4.74 Å². The largest absolute Gasteiger partial charge is 0.436 e. The Morgan fingerprint density at radius 2 is 1.85 bits per heavy atom. The van der Waals surface area contributed by atoms with Crippen molar-refractivity contribution in [3.8, 4) is 11.6 Å². The Hall–Kier alpha value is -1.25. The molecule has 0 saturated heterocycles. The van der Waals surface area contributed by atoms with E-state index in [9.17, 15) is 10.1 Å². The Morgan fingerprint density at radius 1 is 1.25 bits per heavy atom. The average molecular weight is 423 g/mol. The van der Waals surface area contributed by atoms with Crippen LogP contribution in [0.4, 0.5) is 5.69 Å². The molecule has 0 N–H and O–H groups in total. The van der Waals surface area contributed by atoms with E-state index in [-0.39, 0.29) is 16.7 Å². The van der Waals surface area contributed by atoms with Gasteiger partial charge in [-0.15, -0.1) is 0 Å². The number of hydrogen-bond donors (Lipinski definition) is 0. The molecule has 2 aromatic rings. The van der Waals surface area contributed by atoms with Crippen molar-refractivity contribution in [1.29, 1.82) is 0 Å². The summed E-state index contributed by atoms with van der Waals surface area (Å²) in [5.41, 5.74) is -0.0620. The van der Waals surface area contributed by atoms with Gasteiger partial charge in [-0.25, -0.2) is 4.98 Å². The van der Waals surface area contributed by atoms with E-state index in [1.165, 1.54) is 18.2 Å². The van der Waals surface area contributed by atoms with Crippen molar-refractivity contribution in [2.75, 3.05) is 0 Å². The normalized spacial score (nSPS) is 10.4. The molecule has 0 aliphatic heterocycles. The second-order valence-corrected chi connectivity index (χ2v) is 5.77. The van der Waals surface area contributed by atoms with E-state index in [1.807, 2.05) is 0 Å². The molecule has 0 spiro atoms. The summed E-state index contributed by atoms with van der Waals surface area (Å²) in [5.74, 6) is 1.07. The van der Waals surface area contributed by atoms with Crippen LogP contribution in [-0.4, -0.2) is 14.9 Å². The van der Waals surface area contributed by atoms with Gasteiger partial charge in [0.05, 0.1) is 13.9 Å². The van der Waals surface area contributed by atoms with Crippen LogP contribution in [0.25, 0.3) is 0 Å². The molecule has 9 heteroatoms. The minimum Gasteiger partial charge on any atom is -0.436 e. The van der Waals surface area contributed by atoms with Crippen LogP contribution in [0.2, 0.25) is 5.15 Å². The molecule has 1 aromatic heterocycles. The number of aromatic nitrogens is 2. The topological polar surface area (TPSA) is 78.2 Å². The number of nitrogens with zero attached hydrogens (tertiary/aromatic N) is 3. The number of aryl methyl sites for hydroxylation is 1. The van der Waals surface area contributed by atoms with Gasteiger partial charge in [0.1, 0.15) is 11.0 Å². The van der Waals surface area contributed by atoms with E-state index in [4.69, 9.17) is 16.3 Å². The van der Waals surface area contributed by atoms with Crippen molar-refractivity contribution in [1.82, 2.24) is 9.97 Å². The van der Waals surface area contributed by atoms with Gasteiger partial charge in [-0.1, -0.05) is 11.6 Å². The lowest BCUT2D eigenvalue weighted by molar-refractivity contribution is -0.385. The number of nitro benzene ring substituents is 1. The van der Waals surface area contributed by atoms with Gasteiger partial charge in [-0.3, -0.25) is 10.1 Å². The van der Waals surface area contributed by atoms with Crippen molar-refractivity contribution in [3.63, 3.8) is 0 Å². The van der Waals surface area contributed by atoms with Gasteiger partial charge in [-0.05, 0) is 38.8 Å². The van der Waals surface area contributed by atoms with Gasteiger partial charge < -0.3 is 4.74 Å². The smallest absolute Gasteiger partial charge is 0.271 e. The molecule has 20 heavy (non-hydrogen) atoms. The molecular weight excluding hydrogens is 417 g/mol. The zero-order valence-corrected chi connectivity index (χ0v) is 13.9. The minimum absolute atomic E-state index is 0.0620. The van der Waals surface area contributed by atoms with Gasteiger partial charge in [0.25, 0.3) is 5.69 Å². The number of non-ortho nitro benzene ring substituents is 1. The maximum absolute atomic E-state index is 10.7. The summed E-state index contributed by atoms with van der Waals surface area (Å²) in [6.07, 6.45) is 0. The molecule has 0 atom stereocenters. The van der Waals surface area contributed by atoms with E-state index in [0.717, 1.165) is 0 Å². The summed E-state index contributed by atoms with van der Waals surface area (Å²) in [7, 11) is 0. The van der Waals surface area contributed by atoms with E-state index in [0.29, 0.717) is 20.5 Å². The third-order valence-corrected chi connectivity index (χ3v) is 3.56. The predicted molar refractivity (Wildman–Crippen MR) is 80.3 cm³/mol. The predicted octanol–water partition coefficient (Wildman–Crippen LogP) is 4.66. The molecule has 0 saturated carbocycles. The molecule has 0 aliphatic carbocycles. The molecule has 2 rings (SSSR count). The highest BCUT2D eigenvalue weighted by molar-refractivity contribution is 9.11. The fourth-order valence-corrected chi connectivity index (χ4v) is 2.95. The molecule has 0 fully saturated rings. The summed E-state index contributed by atoms with van der Waals surface area (Å²) in [4.78, 5) is 18.2. The zero-order chi connectivity index (χ0) is 14.9. The standard InChI is InChI=1S/C11H6Br2ClN3O3/c1-5-15-9(14)4-10(16-5)20-11-7(12)2-6(17(18)19)3-8(11)13/h2-4H,1H3. The third kappa shape index (κ3) is 3.44. The van der Waals surface area contributed by atoms with Gasteiger partial charge >= 0.3 is 0 Å². The average Bonchev–Trinajstić information content (AvgIpc) is 2.32. The number of nitro groups is 1. The molecule has 0 bridgehead atoms. The highest BCUT2D eigenvalue weighted by Crippen LogP contribution is 2.39. The number of benzene rings is 1. The quantitative estimate of drug-likeness (QED) is 0.407. The molecule has 0 radical (unpaired) electrons. The molecule has 0 unspecified atom stereocenters. The van der Waals surface area contributed by atoms with Crippen molar-refractivity contribution in [2.45, 2.75) is 6.92 Å². The SMILES string of the molecule is Cc1nc(Cl)cc(Oc2c(Br)cc([N+](=O)[O-])cc2Br)n1. The molecule has 104 valence electrons. The van der Waals surface area contributed by atoms with Gasteiger partial charge in [0, 0.05) is 18.2 Å². The van der Waals surface area contributed by atoms with Crippen LogP contribution in [0.1, 0.15) is 5.82 Å². The summed E-state index contributed by atoms with van der Waals surface area (Å²) >= 11 is 12.3. The number of rotatable bonds is 3. The summed E-state index contributed by atoms with van der Waals surface area (Å²) in [6, 6.07) is 4.14. The van der Waals surface area contributed by atoms with Crippen molar-refractivity contribution < 1.29 is 9.66 Å². The maximum Gasteiger partial charge on any atom is 0.271 e. The Balaban J connectivity index is 2.41. The van der Waals surface area contributed by atoms with Crippen LogP contribution in [-0.2, 0) is 0 Å². The third-order valence-electron chi connectivity index (χ3n) is 2.18. The van der Waals surface area contributed by atoms with E-state index in [2.05, 4.69) is 41.8 Å². The molecule has 6 nitrogen and oxygen atoms in total. The van der Waals surface area contributed by atoms with Gasteiger partial charge in [-0.2, -0.15) is 4.98 Å². The zero-order valence-electron chi connectivity index (χ0n) is 9.93. The van der Waals surface area contributed by atoms with Crippen LogP contribution in [0.3, 0.4) is 0 Å². The van der Waals surface area contributed by atoms with Crippen LogP contribution in [0.15, 0.2) is 27.1 Å². The van der Waals surface area contributed by atoms with E-state index in [1.54, 1.807) is 6.92 Å². The first-order valence-corrected chi connectivity index (χ1v) is 7.15. The van der Waals surface area contributed by atoms with Crippen LogP contribution in [0, 0.1) is 17.0 Å². The Kier molecular flexibility index (Phi) is 4.56. The number of halogens is 3. The first kappa shape index (κ1) is 15.1. The molecular formula is C11H6Br2ClN3O3. The van der Waals surface area contributed by atoms with E-state index >= 15 is 0 Å². The summed E-state index contributed by atoms with van der Waals surface area (Å²) in [6.45, 7) is 1.68. The first-order valence-electron chi connectivity index (χ1n) is 5.19. The first-order chi connectivity index (χ1) is 9.36. The van der Waals surface area contributed by atoms with Crippen LogP contribution >= 0.6 is 43.5 Å². The summed E-state index contributed by atoms with van der Waals surface area (Å²) in [5, 5.41) is 11.0. The summed E-state index contributed by atoms with van der Waals surface area (Å²) < 4.78 is 6.43. The molecule has 0 amide bonds. The van der Waals surface area contributed by atoms with Gasteiger partial charge in [0.2, 0.25) is 5.88 Å². The lowest BCUT2D eigenvalue weighted by Crippen LogP contribution is -1.95. The highest BCUT2D eigenvalue weighted by atomic mass is 79.9. The number of hydrogen-bond acceptors (Lipinski definition) is 5. The van der Waals surface area contributed by atoms with Gasteiger partial charge in [0.15, 0.2) is 5.75 Å². The Bertz CT molecular complexity index is 653. The van der Waals surface area contributed by atoms with Crippen LogP contribution in [0.5, 0.6) is 11.6 Å². The lowest BCUT2D eigenvalue weighted by Gasteiger charge is -2.09. The van der Waals surface area contributed by atoms with Crippen molar-refractivity contribution >= 4 is 49.1 Å². The maximum atomic E-state index is 10.7. The fourth-order valence-electron chi connectivity index (χ4n) is 1.41. The molecule has 1 heterocycles. The highest BCUT2D eigenvalue weighted by Gasteiger charge is 2.16. The van der Waals surface area contributed by atoms with E-state index < -0.39 is 4.92 Å². The van der Waals surface area contributed by atoms with Crippen molar-refractivity contribution in [3.05, 3.63) is 48.2 Å².